The number of nitrogens with two attached hydrogens (primary N) is 2. The van der Waals surface area contributed by atoms with Gasteiger partial charge in [-0.1, -0.05) is 69.8 Å². The summed E-state index contributed by atoms with van der Waals surface area (Å²) in [5.74, 6) is 3.03. The van der Waals surface area contributed by atoms with Crippen molar-refractivity contribution in [1.82, 2.24) is 30.6 Å². The van der Waals surface area contributed by atoms with Crippen LogP contribution in [0.4, 0.5) is 34.4 Å². The van der Waals surface area contributed by atoms with Gasteiger partial charge in [-0.05, 0) is 113 Å². The average Bonchev–Trinajstić information content (AvgIpc) is 3.38. The third-order valence-electron chi connectivity index (χ3n) is 10.0. The van der Waals surface area contributed by atoms with Crippen LogP contribution in [0.1, 0.15) is 60.1 Å². The van der Waals surface area contributed by atoms with Crippen molar-refractivity contribution in [2.24, 2.45) is 0 Å². The molecule has 0 aliphatic rings. The molecule has 2 heterocycles. The molecule has 6 aromatic carbocycles. The molecule has 398 valence electrons. The number of hydrogen-bond donors (Lipinski definition) is 9. The van der Waals surface area contributed by atoms with Gasteiger partial charge in [-0.25, -0.2) is 19.9 Å². The second-order valence-corrected chi connectivity index (χ2v) is 18.3. The van der Waals surface area contributed by atoms with Gasteiger partial charge in [0.1, 0.15) is 23.1 Å². The quantitative estimate of drug-likeness (QED) is 0.0247. The summed E-state index contributed by atoms with van der Waals surface area (Å²) < 4.78 is 37.2. The van der Waals surface area contributed by atoms with Gasteiger partial charge in [0.25, 0.3) is 21.9 Å². The van der Waals surface area contributed by atoms with Crippen LogP contribution in [0.25, 0.3) is 44.6 Å². The number of hydrogen-bond acceptors (Lipinski definition) is 16. The van der Waals surface area contributed by atoms with E-state index in [0.717, 1.165) is 44.3 Å². The highest BCUT2D eigenvalue weighted by molar-refractivity contribution is 7.85. The lowest BCUT2D eigenvalue weighted by atomic mass is 10.1. The van der Waals surface area contributed by atoms with Gasteiger partial charge in [0.15, 0.2) is 24.9 Å². The number of anilines is 6. The number of carbonyl (C=O) groups excluding carboxylic acids is 2. The first-order valence-corrected chi connectivity index (χ1v) is 25.6. The molecule has 0 atom stereocenters. The predicted molar refractivity (Wildman–Crippen MR) is 307 cm³/mol. The summed E-state index contributed by atoms with van der Waals surface area (Å²) >= 11 is 0. The van der Waals surface area contributed by atoms with E-state index >= 15 is 0 Å². The highest BCUT2D eigenvalue weighted by atomic mass is 32.2. The highest BCUT2D eigenvalue weighted by Crippen LogP contribution is 2.32. The molecule has 76 heavy (non-hydrogen) atoms. The largest absolute Gasteiger partial charge is 0.484 e. The molecular formula is C56H66N12O7S. The number of carbonyl (C=O) groups is 2. The lowest BCUT2D eigenvalue weighted by molar-refractivity contribution is -0.124. The zero-order valence-corrected chi connectivity index (χ0v) is 43.5. The first kappa shape index (κ1) is 59.6. The Kier molecular flexibility index (Phi) is 22.3. The van der Waals surface area contributed by atoms with Crippen molar-refractivity contribution in [2.75, 3.05) is 41.6 Å². The van der Waals surface area contributed by atoms with Crippen molar-refractivity contribution >= 4 is 90.6 Å². The van der Waals surface area contributed by atoms with Gasteiger partial charge in [0.05, 0.1) is 17.3 Å². The van der Waals surface area contributed by atoms with Crippen molar-refractivity contribution in [2.45, 2.75) is 61.1 Å². The smallest absolute Gasteiger partial charge is 0.261 e. The van der Waals surface area contributed by atoms with Crippen LogP contribution in [0, 0.1) is 10.8 Å². The number of nitrogens with one attached hydrogen (secondary N) is 6. The molecule has 20 heteroatoms. The van der Waals surface area contributed by atoms with Crippen molar-refractivity contribution in [3.63, 3.8) is 0 Å². The third-order valence-corrected chi connectivity index (χ3v) is 10.0. The first-order valence-electron chi connectivity index (χ1n) is 23.7. The van der Waals surface area contributed by atoms with Crippen LogP contribution in [0.3, 0.4) is 0 Å². The highest BCUT2D eigenvalue weighted by Gasteiger charge is 2.15. The van der Waals surface area contributed by atoms with Gasteiger partial charge in [-0.2, -0.15) is 8.42 Å². The van der Waals surface area contributed by atoms with Gasteiger partial charge < -0.3 is 53.0 Å². The van der Waals surface area contributed by atoms with Crippen LogP contribution in [0.15, 0.2) is 133 Å². The fourth-order valence-corrected chi connectivity index (χ4v) is 6.91. The minimum absolute atomic E-state index is 0. The Labute approximate surface area is 443 Å². The molecule has 8 rings (SSSR count). The Balaban J connectivity index is 0.000000289. The van der Waals surface area contributed by atoms with E-state index in [-0.39, 0.29) is 44.5 Å². The van der Waals surface area contributed by atoms with Crippen molar-refractivity contribution in [3.05, 3.63) is 145 Å². The molecule has 2 aromatic heterocycles. The molecular weight excluding hydrogens is 985 g/mol. The SMILES string of the molecule is C.CC.CC(C)NC(=O)COc1cccc(-c2nc(Nc3ccc(N)c(C=N)c3)c3ccccc3n2)c1.CC(C)NC(=O)COc1cccc(-c2nc(Nc3ccc(N)c(C=N)c3)c3ccccc3n2)c1.CS(=O)(=O)O. The molecule has 0 bridgehead atoms. The van der Waals surface area contributed by atoms with Crippen LogP contribution >= 0.6 is 0 Å². The molecule has 2 amide bonds. The maximum absolute atomic E-state index is 11.9. The Hall–Kier alpha value is -9.01. The molecule has 0 aliphatic carbocycles. The van der Waals surface area contributed by atoms with Gasteiger partial charge >= 0.3 is 0 Å². The maximum atomic E-state index is 11.9. The fourth-order valence-electron chi connectivity index (χ4n) is 6.91. The number of benzene rings is 6. The Morgan fingerprint density at radius 3 is 1.32 bits per heavy atom. The summed E-state index contributed by atoms with van der Waals surface area (Å²) in [6.07, 6.45) is 3.15. The van der Waals surface area contributed by atoms with E-state index in [9.17, 15) is 18.0 Å². The monoisotopic (exact) mass is 1050 g/mol. The van der Waals surface area contributed by atoms with E-state index in [1.165, 1.54) is 12.4 Å². The standard InChI is InChI=1S/2C26H26N6O2.C2H6.CH4O3S.CH4/c2*1-16(2)29-24(33)15-34-20-7-5-6-17(13-20)25-31-23-9-4-3-8-21(23)26(32-25)30-19-10-11-22(28)18(12-19)14-27;1-2;1-5(2,3)4;/h2*3-14,16,27H,15,28H2,1-2H3,(H,29,33)(H,30,31,32);1-2H3;1H3,(H,2,3,4);1H4. The van der Waals surface area contributed by atoms with Crippen molar-refractivity contribution < 1.29 is 32.0 Å². The minimum Gasteiger partial charge on any atom is -0.484 e. The van der Waals surface area contributed by atoms with Gasteiger partial charge in [0, 0.05) is 80.3 Å². The lowest BCUT2D eigenvalue weighted by Crippen LogP contribution is -2.34. The molecule has 19 nitrogen and oxygen atoms in total. The van der Waals surface area contributed by atoms with Crippen LogP contribution in [0.5, 0.6) is 11.5 Å². The molecule has 11 N–H and O–H groups in total. The normalized spacial score (nSPS) is 10.5. The zero-order chi connectivity index (χ0) is 54.7. The third kappa shape index (κ3) is 18.2. The molecule has 0 saturated carbocycles. The first-order chi connectivity index (χ1) is 35.8. The fraction of sp³-hybridized carbons (Fsp3) is 0.214. The molecule has 8 aromatic rings. The van der Waals surface area contributed by atoms with Crippen molar-refractivity contribution in [1.29, 1.82) is 10.8 Å². The molecule has 0 saturated heterocycles. The molecule has 0 aliphatic heterocycles. The summed E-state index contributed by atoms with van der Waals surface area (Å²) in [5.41, 5.74) is 18.7. The molecule has 0 fully saturated rings. The summed E-state index contributed by atoms with van der Waals surface area (Å²) in [5, 5.41) is 29.1. The van der Waals surface area contributed by atoms with Crippen LogP contribution < -0.4 is 42.2 Å². The molecule has 0 spiro atoms. The lowest BCUT2D eigenvalue weighted by Gasteiger charge is -2.13. The Morgan fingerprint density at radius 2 is 0.961 bits per heavy atom. The number of nitrogen functional groups attached to an aromatic ring is 2. The summed E-state index contributed by atoms with van der Waals surface area (Å²) in [4.78, 5) is 42.9. The molecule has 0 unspecified atom stereocenters. The van der Waals surface area contributed by atoms with E-state index in [2.05, 4.69) is 21.3 Å². The second kappa shape index (κ2) is 28.4. The van der Waals surface area contributed by atoms with E-state index < -0.39 is 10.1 Å². The Morgan fingerprint density at radius 1 is 0.592 bits per heavy atom. The number of ether oxygens (including phenoxy) is 2. The van der Waals surface area contributed by atoms with Crippen LogP contribution in [0.2, 0.25) is 0 Å². The maximum Gasteiger partial charge on any atom is 0.261 e. The number of nitrogens with zero attached hydrogens (tertiary/aromatic N) is 4. The van der Waals surface area contributed by atoms with Crippen LogP contribution in [-0.2, 0) is 19.7 Å². The number of fused-ring (bicyclic) bond motifs is 2. The number of amides is 2. The van der Waals surface area contributed by atoms with E-state index in [4.69, 9.17) is 56.2 Å². The zero-order valence-electron chi connectivity index (χ0n) is 42.7. The topological polar surface area (TPSA) is 306 Å². The van der Waals surface area contributed by atoms with Gasteiger partial charge in [0.2, 0.25) is 0 Å². The summed E-state index contributed by atoms with van der Waals surface area (Å²) in [7, 11) is -3.67. The van der Waals surface area contributed by atoms with E-state index in [0.29, 0.717) is 63.5 Å². The molecule has 0 radical (unpaired) electrons. The van der Waals surface area contributed by atoms with Crippen molar-refractivity contribution in [3.8, 4) is 34.3 Å². The van der Waals surface area contributed by atoms with Gasteiger partial charge in [-0.15, -0.1) is 0 Å². The summed E-state index contributed by atoms with van der Waals surface area (Å²) in [6.45, 7) is 11.5. The Bertz CT molecular complexity index is 3180. The van der Waals surface area contributed by atoms with Crippen LogP contribution in [-0.4, -0.2) is 88.7 Å². The predicted octanol–water partition coefficient (Wildman–Crippen LogP) is 10.2. The second-order valence-electron chi connectivity index (χ2n) is 16.9. The van der Waals surface area contributed by atoms with E-state index in [1.54, 1.807) is 36.4 Å². The summed E-state index contributed by atoms with van der Waals surface area (Å²) in [6, 6.07) is 41.0. The minimum atomic E-state index is -3.67. The van der Waals surface area contributed by atoms with E-state index in [1.807, 2.05) is 139 Å². The number of para-hydroxylation sites is 2. The average molecular weight is 1050 g/mol. The van der Waals surface area contributed by atoms with Gasteiger partial charge in [-0.3, -0.25) is 14.1 Å². The number of aromatic nitrogens is 4. The number of rotatable bonds is 16.